The van der Waals surface area contributed by atoms with Gasteiger partial charge in [-0.15, -0.1) is 0 Å². The van der Waals surface area contributed by atoms with Gasteiger partial charge in [0.1, 0.15) is 11.8 Å². The first-order valence-electron chi connectivity index (χ1n) is 13.9. The number of nitrogens with zero attached hydrogens (tertiary/aromatic N) is 4. The molecule has 11 heteroatoms. The molecular weight excluding hydrogens is 532 g/mol. The molecule has 4 aliphatic rings. The van der Waals surface area contributed by atoms with E-state index in [4.69, 9.17) is 4.74 Å². The average Bonchev–Trinajstić information content (AvgIpc) is 3.68. The van der Waals surface area contributed by atoms with Gasteiger partial charge in [-0.3, -0.25) is 24.6 Å². The van der Waals surface area contributed by atoms with Crippen molar-refractivity contribution in [3.8, 4) is 17.0 Å². The van der Waals surface area contributed by atoms with Crippen molar-refractivity contribution in [2.24, 2.45) is 0 Å². The van der Waals surface area contributed by atoms with E-state index in [1.807, 2.05) is 36.4 Å². The number of hydrogen-bond donors (Lipinski definition) is 1. The first-order chi connectivity index (χ1) is 19.8. The largest absolute Gasteiger partial charge is 0.492 e. The number of alkyl halides is 2. The second-order valence-corrected chi connectivity index (χ2v) is 11.4. The molecule has 0 saturated carbocycles. The molecule has 0 bridgehead atoms. The molecule has 1 N–H and O–H groups in total. The van der Waals surface area contributed by atoms with E-state index in [-0.39, 0.29) is 23.7 Å². The zero-order chi connectivity index (χ0) is 28.3. The van der Waals surface area contributed by atoms with Gasteiger partial charge in [0.2, 0.25) is 11.8 Å². The number of fused-ring (bicyclic) bond motifs is 4. The zero-order valence-electron chi connectivity index (χ0n) is 22.3. The molecule has 1 aromatic heterocycles. The van der Waals surface area contributed by atoms with E-state index < -0.39 is 18.5 Å². The predicted octanol–water partition coefficient (Wildman–Crippen LogP) is 3.63. The number of imide groups is 1. The Kier molecular flexibility index (Phi) is 6.15. The van der Waals surface area contributed by atoms with Crippen LogP contribution in [0, 0.1) is 0 Å². The van der Waals surface area contributed by atoms with Crippen molar-refractivity contribution in [2.75, 3.05) is 19.7 Å². The van der Waals surface area contributed by atoms with E-state index in [1.165, 1.54) is 6.20 Å². The molecule has 2 saturated heterocycles. The third kappa shape index (κ3) is 4.39. The summed E-state index contributed by atoms with van der Waals surface area (Å²) >= 11 is 0. The minimum absolute atomic E-state index is 0.129. The molecule has 5 heterocycles. The van der Waals surface area contributed by atoms with Crippen molar-refractivity contribution in [2.45, 2.75) is 56.8 Å². The fourth-order valence-corrected chi connectivity index (χ4v) is 6.72. The van der Waals surface area contributed by atoms with E-state index in [1.54, 1.807) is 11.0 Å². The van der Waals surface area contributed by atoms with Crippen molar-refractivity contribution in [1.29, 1.82) is 0 Å². The van der Waals surface area contributed by atoms with Gasteiger partial charge in [-0.05, 0) is 56.1 Å². The molecule has 1 spiro atoms. The Morgan fingerprint density at radius 2 is 1.93 bits per heavy atom. The van der Waals surface area contributed by atoms with E-state index in [9.17, 15) is 23.2 Å². The monoisotopic (exact) mass is 561 g/mol. The van der Waals surface area contributed by atoms with Crippen molar-refractivity contribution >= 4 is 17.7 Å². The quantitative estimate of drug-likeness (QED) is 0.478. The van der Waals surface area contributed by atoms with Crippen LogP contribution in [-0.4, -0.2) is 63.0 Å². The summed E-state index contributed by atoms with van der Waals surface area (Å²) in [6.45, 7) is 0.672. The molecule has 41 heavy (non-hydrogen) atoms. The van der Waals surface area contributed by atoms with E-state index >= 15 is 0 Å². The molecule has 0 radical (unpaired) electrons. The van der Waals surface area contributed by atoms with Crippen LogP contribution in [0.2, 0.25) is 0 Å². The minimum atomic E-state index is -2.66. The van der Waals surface area contributed by atoms with Gasteiger partial charge in [0.05, 0.1) is 18.8 Å². The highest BCUT2D eigenvalue weighted by molar-refractivity contribution is 6.05. The van der Waals surface area contributed by atoms with E-state index in [2.05, 4.69) is 15.3 Å². The van der Waals surface area contributed by atoms with Crippen molar-refractivity contribution < 1.29 is 27.9 Å². The number of nitrogens with one attached hydrogen (secondary N) is 1. The number of rotatable bonds is 5. The summed E-state index contributed by atoms with van der Waals surface area (Å²) in [4.78, 5) is 41.2. The van der Waals surface area contributed by atoms with Crippen LogP contribution < -0.4 is 10.1 Å². The second kappa shape index (κ2) is 9.76. The molecule has 3 amide bonds. The molecule has 1 atom stereocenters. The summed E-state index contributed by atoms with van der Waals surface area (Å²) in [6.07, 6.45) is 3.65. The molecule has 2 fully saturated rings. The summed E-state index contributed by atoms with van der Waals surface area (Å²) in [5.41, 5.74) is 4.83. The smallest absolute Gasteiger partial charge is 0.333 e. The number of piperidine rings is 2. The first-order valence-corrected chi connectivity index (χ1v) is 13.9. The highest BCUT2D eigenvalue weighted by atomic mass is 19.3. The lowest BCUT2D eigenvalue weighted by molar-refractivity contribution is -0.136. The molecule has 0 aliphatic carbocycles. The normalized spacial score (nSPS) is 21.8. The summed E-state index contributed by atoms with van der Waals surface area (Å²) in [5.74, 6) is -0.144. The summed E-state index contributed by atoms with van der Waals surface area (Å²) in [7, 11) is 0. The Morgan fingerprint density at radius 1 is 1.10 bits per heavy atom. The predicted molar refractivity (Wildman–Crippen MR) is 143 cm³/mol. The lowest BCUT2D eigenvalue weighted by Gasteiger charge is -2.38. The molecule has 212 valence electrons. The molecule has 7 rings (SSSR count). The Morgan fingerprint density at radius 3 is 2.68 bits per heavy atom. The number of amides is 3. The zero-order valence-corrected chi connectivity index (χ0v) is 22.3. The Balaban J connectivity index is 1.04. The Bertz CT molecular complexity index is 1560. The van der Waals surface area contributed by atoms with Crippen LogP contribution in [0.4, 0.5) is 8.78 Å². The number of hydrogen-bond acceptors (Lipinski definition) is 6. The molecule has 0 unspecified atom stereocenters. The third-order valence-electron chi connectivity index (χ3n) is 8.98. The summed E-state index contributed by atoms with van der Waals surface area (Å²) in [5, 5.41) is 6.34. The van der Waals surface area contributed by atoms with Gasteiger partial charge >= 0.3 is 6.55 Å². The topological polar surface area (TPSA) is 96.8 Å². The van der Waals surface area contributed by atoms with Crippen LogP contribution in [0.5, 0.6) is 5.75 Å². The lowest BCUT2D eigenvalue weighted by atomic mass is 9.74. The van der Waals surface area contributed by atoms with Crippen molar-refractivity contribution in [1.82, 2.24) is 24.9 Å². The first kappa shape index (κ1) is 25.8. The van der Waals surface area contributed by atoms with Crippen molar-refractivity contribution in [3.63, 3.8) is 0 Å². The number of carbonyl (C=O) groups excluding carboxylic acids is 3. The lowest BCUT2D eigenvalue weighted by Crippen LogP contribution is -2.52. The number of ether oxygens (including phenoxy) is 1. The van der Waals surface area contributed by atoms with E-state index in [0.717, 1.165) is 60.5 Å². The van der Waals surface area contributed by atoms with Gasteiger partial charge in [0.25, 0.3) is 5.91 Å². The Labute approximate surface area is 235 Å². The highest BCUT2D eigenvalue weighted by Gasteiger charge is 2.47. The van der Waals surface area contributed by atoms with Gasteiger partial charge in [0.15, 0.2) is 0 Å². The number of likely N-dealkylation sites (tertiary alicyclic amines) is 1. The number of halogens is 2. The van der Waals surface area contributed by atoms with Gasteiger partial charge in [-0.2, -0.15) is 13.9 Å². The highest BCUT2D eigenvalue weighted by Crippen LogP contribution is 2.49. The van der Waals surface area contributed by atoms with Gasteiger partial charge in [-0.25, -0.2) is 4.68 Å². The fraction of sp³-hybridized carbons (Fsp3) is 0.400. The summed E-state index contributed by atoms with van der Waals surface area (Å²) in [6, 6.07) is 12.7. The van der Waals surface area contributed by atoms with E-state index in [0.29, 0.717) is 35.5 Å². The van der Waals surface area contributed by atoms with Gasteiger partial charge < -0.3 is 9.64 Å². The fourth-order valence-electron chi connectivity index (χ4n) is 6.72. The average molecular weight is 562 g/mol. The SMILES string of the molecule is O=C1CC[C@H](N2Cc3c(ccc4c3OCC43CCN(Cc4cccc(-c5ccn(C(F)F)n5)c4)CC3)C2=O)C(=O)N1. The van der Waals surface area contributed by atoms with Gasteiger partial charge in [-0.1, -0.05) is 24.3 Å². The standard InChI is InChI=1S/C30H29F2N5O4/c31-29(32)37-11-8-23(34-37)19-3-1-2-18(14-19)15-35-12-9-30(10-13-35)17-41-26-21-16-36(24-6-7-25(38)33-27(24)39)28(40)20(21)4-5-22(26)30/h1-5,8,11,14,24,29H,6-7,9-10,12-13,15-17H2,(H,33,38,39)/t24-/m0/s1. The Hall–Kier alpha value is -4.12. The van der Waals surface area contributed by atoms with Crippen LogP contribution >= 0.6 is 0 Å². The van der Waals surface area contributed by atoms with Crippen molar-refractivity contribution in [3.05, 3.63) is 70.9 Å². The second-order valence-electron chi connectivity index (χ2n) is 11.4. The number of benzene rings is 2. The van der Waals surface area contributed by atoms with Crippen LogP contribution in [0.1, 0.15) is 59.3 Å². The summed E-state index contributed by atoms with van der Waals surface area (Å²) < 4.78 is 32.8. The molecule has 4 aliphatic heterocycles. The van der Waals surface area contributed by atoms with Crippen LogP contribution in [0.15, 0.2) is 48.7 Å². The van der Waals surface area contributed by atoms with Crippen LogP contribution in [-0.2, 0) is 28.1 Å². The maximum Gasteiger partial charge on any atom is 0.333 e. The maximum atomic E-state index is 13.2. The van der Waals surface area contributed by atoms with Crippen LogP contribution in [0.25, 0.3) is 11.3 Å². The molecular formula is C30H29F2N5O4. The molecule has 3 aromatic rings. The molecule has 2 aromatic carbocycles. The number of carbonyl (C=O) groups is 3. The van der Waals surface area contributed by atoms with Gasteiger partial charge in [0, 0.05) is 46.8 Å². The molecule has 9 nitrogen and oxygen atoms in total. The maximum absolute atomic E-state index is 13.2. The third-order valence-corrected chi connectivity index (χ3v) is 8.98. The minimum Gasteiger partial charge on any atom is -0.492 e. The number of aromatic nitrogens is 2. The van der Waals surface area contributed by atoms with Crippen LogP contribution in [0.3, 0.4) is 0 Å².